The average Bonchev–Trinajstić information content (AvgIpc) is 3.16. The summed E-state index contributed by atoms with van der Waals surface area (Å²) < 4.78 is 2.70. The third-order valence-corrected chi connectivity index (χ3v) is 5.45. The van der Waals surface area contributed by atoms with E-state index < -0.39 is 0 Å². The van der Waals surface area contributed by atoms with Crippen molar-refractivity contribution in [1.82, 2.24) is 14.8 Å². The molecule has 1 aromatic heterocycles. The molecule has 1 heterocycles. The Labute approximate surface area is 183 Å². The van der Waals surface area contributed by atoms with Crippen molar-refractivity contribution in [3.8, 4) is 17.1 Å². The Kier molecular flexibility index (Phi) is 5.50. The predicted molar refractivity (Wildman–Crippen MR) is 123 cm³/mol. The maximum atomic E-state index is 12.9. The summed E-state index contributed by atoms with van der Waals surface area (Å²) in [6.45, 7) is 6.10. The minimum atomic E-state index is -0.346. The quantitative estimate of drug-likeness (QED) is 0.413. The van der Waals surface area contributed by atoms with E-state index >= 15 is 0 Å². The van der Waals surface area contributed by atoms with E-state index in [-0.39, 0.29) is 11.7 Å². The Morgan fingerprint density at radius 1 is 0.933 bits per heavy atom. The van der Waals surface area contributed by atoms with Gasteiger partial charge in [0, 0.05) is 15.7 Å². The number of rotatable bonds is 4. The monoisotopic (exact) mass is 460 g/mol. The molecule has 0 aliphatic rings. The van der Waals surface area contributed by atoms with Gasteiger partial charge in [0.2, 0.25) is 5.82 Å². The molecular weight excluding hydrogens is 440 g/mol. The fourth-order valence-electron chi connectivity index (χ4n) is 3.14. The summed E-state index contributed by atoms with van der Waals surface area (Å²) in [7, 11) is 0. The molecule has 4 aromatic rings. The number of hydrogen-bond acceptors (Lipinski definition) is 3. The van der Waals surface area contributed by atoms with Crippen molar-refractivity contribution in [1.29, 1.82) is 0 Å². The van der Waals surface area contributed by atoms with Crippen LogP contribution < -0.4 is 5.32 Å². The van der Waals surface area contributed by atoms with Crippen molar-refractivity contribution in [3.05, 3.63) is 93.7 Å². The van der Waals surface area contributed by atoms with Crippen LogP contribution in [0.25, 0.3) is 17.1 Å². The molecule has 4 rings (SSSR count). The lowest BCUT2D eigenvalue weighted by Gasteiger charge is -2.08. The van der Waals surface area contributed by atoms with Gasteiger partial charge in [-0.3, -0.25) is 4.79 Å². The van der Waals surface area contributed by atoms with Gasteiger partial charge < -0.3 is 5.32 Å². The molecular formula is C24H21BrN4O. The van der Waals surface area contributed by atoms with Crippen LogP contribution in [0.1, 0.15) is 27.3 Å². The lowest BCUT2D eigenvalue weighted by atomic mass is 10.1. The topological polar surface area (TPSA) is 59.8 Å². The van der Waals surface area contributed by atoms with E-state index in [9.17, 15) is 4.79 Å². The number of aromatic nitrogens is 3. The maximum Gasteiger partial charge on any atom is 0.295 e. The molecule has 0 radical (unpaired) electrons. The third-order valence-electron chi connectivity index (χ3n) is 4.92. The molecule has 5 nitrogen and oxygen atoms in total. The Hall–Kier alpha value is -3.25. The molecule has 0 spiro atoms. The standard InChI is InChI=1S/C24H21BrN4O/c1-15-5-4-6-20(13-15)26-24(30)22-27-23(18-8-10-19(25)11-9-18)29(28-22)21-12-7-16(2)17(3)14-21/h4-14H,1-3H3,(H,26,30). The van der Waals surface area contributed by atoms with E-state index in [1.807, 2.05) is 67.6 Å². The summed E-state index contributed by atoms with van der Waals surface area (Å²) >= 11 is 3.46. The second-order valence-corrected chi connectivity index (χ2v) is 8.19. The number of carbonyl (C=O) groups is 1. The van der Waals surface area contributed by atoms with E-state index in [4.69, 9.17) is 0 Å². The Balaban J connectivity index is 1.77. The van der Waals surface area contributed by atoms with Gasteiger partial charge in [0.15, 0.2) is 5.82 Å². The summed E-state index contributed by atoms with van der Waals surface area (Å²) in [4.78, 5) is 17.5. The molecule has 1 N–H and O–H groups in total. The van der Waals surface area contributed by atoms with Crippen LogP contribution in [-0.2, 0) is 0 Å². The first kappa shape index (κ1) is 20.0. The number of hydrogen-bond donors (Lipinski definition) is 1. The van der Waals surface area contributed by atoms with Gasteiger partial charge in [0.05, 0.1) is 5.69 Å². The molecule has 0 saturated heterocycles. The predicted octanol–water partition coefficient (Wildman–Crippen LogP) is 5.87. The van der Waals surface area contributed by atoms with E-state index in [0.717, 1.165) is 26.9 Å². The number of aryl methyl sites for hydroxylation is 3. The molecule has 0 bridgehead atoms. The van der Waals surface area contributed by atoms with Crippen LogP contribution in [0, 0.1) is 20.8 Å². The van der Waals surface area contributed by atoms with Crippen molar-refractivity contribution in [2.45, 2.75) is 20.8 Å². The van der Waals surface area contributed by atoms with Gasteiger partial charge in [-0.05, 0) is 73.9 Å². The van der Waals surface area contributed by atoms with Gasteiger partial charge in [-0.15, -0.1) is 5.10 Å². The van der Waals surface area contributed by atoms with Crippen LogP contribution in [-0.4, -0.2) is 20.7 Å². The first-order chi connectivity index (χ1) is 14.4. The van der Waals surface area contributed by atoms with Crippen LogP contribution in [0.2, 0.25) is 0 Å². The van der Waals surface area contributed by atoms with E-state index in [0.29, 0.717) is 11.5 Å². The molecule has 0 unspecified atom stereocenters. The zero-order chi connectivity index (χ0) is 21.3. The van der Waals surface area contributed by atoms with Gasteiger partial charge in [-0.2, -0.15) is 0 Å². The Morgan fingerprint density at radius 2 is 1.70 bits per heavy atom. The van der Waals surface area contributed by atoms with Crippen molar-refractivity contribution in [2.75, 3.05) is 5.32 Å². The van der Waals surface area contributed by atoms with Crippen LogP contribution in [0.5, 0.6) is 0 Å². The van der Waals surface area contributed by atoms with Gasteiger partial charge in [0.1, 0.15) is 0 Å². The Morgan fingerprint density at radius 3 is 2.40 bits per heavy atom. The minimum absolute atomic E-state index is 0.118. The summed E-state index contributed by atoms with van der Waals surface area (Å²) in [5.74, 6) is 0.384. The smallest absolute Gasteiger partial charge is 0.295 e. The zero-order valence-electron chi connectivity index (χ0n) is 17.0. The third kappa shape index (κ3) is 4.19. The maximum absolute atomic E-state index is 12.9. The fourth-order valence-corrected chi connectivity index (χ4v) is 3.41. The molecule has 0 saturated carbocycles. The molecule has 0 aliphatic heterocycles. The largest absolute Gasteiger partial charge is 0.319 e. The van der Waals surface area contributed by atoms with Crippen LogP contribution in [0.4, 0.5) is 5.69 Å². The number of benzene rings is 3. The highest BCUT2D eigenvalue weighted by molar-refractivity contribution is 9.10. The normalized spacial score (nSPS) is 10.8. The molecule has 0 fully saturated rings. The van der Waals surface area contributed by atoms with Gasteiger partial charge >= 0.3 is 0 Å². The number of carbonyl (C=O) groups excluding carboxylic acids is 1. The minimum Gasteiger partial charge on any atom is -0.319 e. The number of anilines is 1. The molecule has 150 valence electrons. The second kappa shape index (κ2) is 8.24. The lowest BCUT2D eigenvalue weighted by molar-refractivity contribution is 0.101. The van der Waals surface area contributed by atoms with E-state index in [2.05, 4.69) is 51.2 Å². The molecule has 30 heavy (non-hydrogen) atoms. The van der Waals surface area contributed by atoms with Crippen LogP contribution in [0.15, 0.2) is 71.2 Å². The first-order valence-corrected chi connectivity index (χ1v) is 10.4. The molecule has 1 amide bonds. The molecule has 3 aromatic carbocycles. The SMILES string of the molecule is Cc1cccc(NC(=O)c2nc(-c3ccc(Br)cc3)n(-c3ccc(C)c(C)c3)n2)c1. The average molecular weight is 461 g/mol. The van der Waals surface area contributed by atoms with Gasteiger partial charge in [0.25, 0.3) is 5.91 Å². The van der Waals surface area contributed by atoms with E-state index in [1.165, 1.54) is 5.56 Å². The van der Waals surface area contributed by atoms with Crippen molar-refractivity contribution < 1.29 is 4.79 Å². The number of nitrogens with zero attached hydrogens (tertiary/aromatic N) is 3. The fraction of sp³-hybridized carbons (Fsp3) is 0.125. The van der Waals surface area contributed by atoms with Crippen molar-refractivity contribution in [3.63, 3.8) is 0 Å². The summed E-state index contributed by atoms with van der Waals surface area (Å²) in [5, 5.41) is 7.44. The second-order valence-electron chi connectivity index (χ2n) is 7.27. The van der Waals surface area contributed by atoms with E-state index in [1.54, 1.807) is 4.68 Å². The Bertz CT molecular complexity index is 1230. The summed E-state index contributed by atoms with van der Waals surface area (Å²) in [6, 6.07) is 21.5. The first-order valence-electron chi connectivity index (χ1n) is 9.59. The highest BCUT2D eigenvalue weighted by Gasteiger charge is 2.19. The zero-order valence-corrected chi connectivity index (χ0v) is 18.6. The lowest BCUT2D eigenvalue weighted by Crippen LogP contribution is -2.14. The van der Waals surface area contributed by atoms with Crippen LogP contribution in [0.3, 0.4) is 0 Å². The van der Waals surface area contributed by atoms with Gasteiger partial charge in [-0.25, -0.2) is 9.67 Å². The summed E-state index contributed by atoms with van der Waals surface area (Å²) in [5.41, 5.74) is 5.86. The number of nitrogens with one attached hydrogen (secondary N) is 1. The van der Waals surface area contributed by atoms with Crippen LogP contribution >= 0.6 is 15.9 Å². The van der Waals surface area contributed by atoms with Crippen molar-refractivity contribution >= 4 is 27.5 Å². The van der Waals surface area contributed by atoms with Crippen molar-refractivity contribution in [2.24, 2.45) is 0 Å². The molecule has 0 atom stereocenters. The highest BCUT2D eigenvalue weighted by Crippen LogP contribution is 2.24. The molecule has 6 heteroatoms. The summed E-state index contributed by atoms with van der Waals surface area (Å²) in [6.07, 6.45) is 0. The number of amides is 1. The van der Waals surface area contributed by atoms with Gasteiger partial charge in [-0.1, -0.05) is 46.3 Å². The molecule has 0 aliphatic carbocycles. The highest BCUT2D eigenvalue weighted by atomic mass is 79.9. The number of halogens is 1.